The first kappa shape index (κ1) is 64.0. The van der Waals surface area contributed by atoms with E-state index in [0.29, 0.717) is 19.3 Å². The number of unbranched alkanes of at least 4 members (excludes halogenated alkanes) is 27. The molecule has 0 heterocycles. The quantitative estimate of drug-likeness (QED) is 0.0343. The van der Waals surface area contributed by atoms with Crippen molar-refractivity contribution < 1.29 is 28.6 Å². The van der Waals surface area contributed by atoms with Gasteiger partial charge in [-0.15, -0.1) is 0 Å². The van der Waals surface area contributed by atoms with Gasteiger partial charge in [0.15, 0.2) is 11.9 Å². The zero-order valence-corrected chi connectivity index (χ0v) is 44.2. The summed E-state index contributed by atoms with van der Waals surface area (Å²) in [4.78, 5) is 38.1. The number of Topliss-reactive ketones (excluding diaryl/α,β-unsaturated/α-hetero) is 1. The van der Waals surface area contributed by atoms with E-state index in [1.807, 2.05) is 0 Å². The van der Waals surface area contributed by atoms with Gasteiger partial charge in [-0.25, -0.2) is 0 Å². The Morgan fingerprint density at radius 3 is 1.09 bits per heavy atom. The monoisotopic (exact) mass is 935 g/mol. The summed E-state index contributed by atoms with van der Waals surface area (Å²) in [7, 11) is 0. The minimum Gasteiger partial charge on any atom is -0.462 e. The summed E-state index contributed by atoms with van der Waals surface area (Å²) in [5.41, 5.74) is 0. The van der Waals surface area contributed by atoms with Crippen molar-refractivity contribution in [3.05, 3.63) is 72.9 Å². The van der Waals surface area contributed by atoms with Crippen LogP contribution in [0.15, 0.2) is 72.9 Å². The molecule has 0 aromatic carbocycles. The van der Waals surface area contributed by atoms with Crippen molar-refractivity contribution in [1.29, 1.82) is 0 Å². The minimum absolute atomic E-state index is 0.0136. The van der Waals surface area contributed by atoms with E-state index in [-0.39, 0.29) is 37.5 Å². The Kier molecular flexibility index (Phi) is 53.1. The molecular weight excluding hydrogens is 829 g/mol. The molecule has 0 aromatic heterocycles. The summed E-state index contributed by atoms with van der Waals surface area (Å²) in [5.74, 6) is -0.523. The fourth-order valence-corrected chi connectivity index (χ4v) is 7.82. The zero-order chi connectivity index (χ0) is 48.6. The van der Waals surface area contributed by atoms with E-state index in [2.05, 4.69) is 93.7 Å². The highest BCUT2D eigenvalue weighted by Crippen LogP contribution is 2.14. The predicted octanol–water partition coefficient (Wildman–Crippen LogP) is 18.6. The van der Waals surface area contributed by atoms with Crippen LogP contribution in [0.3, 0.4) is 0 Å². The van der Waals surface area contributed by atoms with E-state index in [1.54, 1.807) is 0 Å². The lowest BCUT2D eigenvalue weighted by Crippen LogP contribution is -2.30. The van der Waals surface area contributed by atoms with Gasteiger partial charge < -0.3 is 14.2 Å². The minimum atomic E-state index is -0.720. The molecule has 0 saturated heterocycles. The van der Waals surface area contributed by atoms with E-state index in [9.17, 15) is 14.4 Å². The van der Waals surface area contributed by atoms with Gasteiger partial charge in [0.05, 0.1) is 6.61 Å². The van der Waals surface area contributed by atoms with Gasteiger partial charge in [-0.2, -0.15) is 0 Å². The van der Waals surface area contributed by atoms with Crippen molar-refractivity contribution >= 4 is 17.7 Å². The van der Waals surface area contributed by atoms with Crippen molar-refractivity contribution in [2.75, 3.05) is 19.8 Å². The third-order valence-electron chi connectivity index (χ3n) is 12.1. The Morgan fingerprint density at radius 2 is 0.657 bits per heavy atom. The van der Waals surface area contributed by atoms with Crippen molar-refractivity contribution in [3.8, 4) is 0 Å². The molecule has 0 aliphatic rings. The second-order valence-corrected chi connectivity index (χ2v) is 18.9. The molecule has 0 aromatic rings. The molecule has 0 spiro atoms. The molecule has 6 heteroatoms. The molecule has 386 valence electrons. The van der Waals surface area contributed by atoms with E-state index < -0.39 is 6.10 Å². The average molecular weight is 936 g/mol. The first-order chi connectivity index (χ1) is 33.0. The highest BCUT2D eigenvalue weighted by atomic mass is 16.6. The van der Waals surface area contributed by atoms with Crippen LogP contribution in [0.5, 0.6) is 0 Å². The van der Waals surface area contributed by atoms with Crippen LogP contribution in [-0.2, 0) is 28.6 Å². The maximum absolute atomic E-state index is 12.8. The molecule has 1 unspecified atom stereocenters. The van der Waals surface area contributed by atoms with Crippen molar-refractivity contribution in [2.45, 2.75) is 277 Å². The maximum Gasteiger partial charge on any atom is 0.306 e. The van der Waals surface area contributed by atoms with Gasteiger partial charge in [0.25, 0.3) is 0 Å². The third-order valence-corrected chi connectivity index (χ3v) is 12.1. The normalized spacial score (nSPS) is 12.6. The van der Waals surface area contributed by atoms with Gasteiger partial charge in [0, 0.05) is 19.3 Å². The highest BCUT2D eigenvalue weighted by molar-refractivity contribution is 5.79. The molecule has 1 atom stereocenters. The van der Waals surface area contributed by atoms with Gasteiger partial charge >= 0.3 is 11.9 Å². The number of hydrogen-bond donors (Lipinski definition) is 0. The molecule has 0 aliphatic carbocycles. The van der Waals surface area contributed by atoms with Crippen molar-refractivity contribution in [3.63, 3.8) is 0 Å². The average Bonchev–Trinajstić information content (AvgIpc) is 3.32. The van der Waals surface area contributed by atoms with E-state index >= 15 is 0 Å². The summed E-state index contributed by atoms with van der Waals surface area (Å²) >= 11 is 0. The lowest BCUT2D eigenvalue weighted by atomic mass is 10.1. The lowest BCUT2D eigenvalue weighted by Gasteiger charge is -2.18. The second-order valence-electron chi connectivity index (χ2n) is 18.9. The van der Waals surface area contributed by atoms with Crippen LogP contribution in [0.2, 0.25) is 0 Å². The van der Waals surface area contributed by atoms with E-state index in [0.717, 1.165) is 122 Å². The van der Waals surface area contributed by atoms with Crippen LogP contribution >= 0.6 is 0 Å². The number of carbonyl (C=O) groups is 3. The Bertz CT molecular complexity index is 1260. The fourth-order valence-electron chi connectivity index (χ4n) is 7.82. The number of ether oxygens (including phenoxy) is 3. The second kappa shape index (κ2) is 55.6. The van der Waals surface area contributed by atoms with Gasteiger partial charge in [0.1, 0.15) is 13.2 Å². The largest absolute Gasteiger partial charge is 0.462 e. The molecule has 0 bridgehead atoms. The SMILES string of the molecule is CCCCCC=CCC=CCC=CCCCCCCCC(=O)OCC(COCC(=O)CCCCCCCC=CCCCCCCCC)OC(=O)CCCCCCCC=CCC=CCCCCC. The first-order valence-corrected chi connectivity index (χ1v) is 28.4. The molecule has 0 radical (unpaired) electrons. The van der Waals surface area contributed by atoms with E-state index in [1.165, 1.54) is 109 Å². The number of carbonyl (C=O) groups excluding carboxylic acids is 3. The zero-order valence-electron chi connectivity index (χ0n) is 44.2. The number of esters is 2. The summed E-state index contributed by atoms with van der Waals surface area (Å²) < 4.78 is 17.1. The van der Waals surface area contributed by atoms with Crippen LogP contribution in [-0.4, -0.2) is 43.6 Å². The van der Waals surface area contributed by atoms with Crippen molar-refractivity contribution in [2.24, 2.45) is 0 Å². The molecule has 0 saturated carbocycles. The maximum atomic E-state index is 12.8. The first-order valence-electron chi connectivity index (χ1n) is 28.4. The molecule has 67 heavy (non-hydrogen) atoms. The van der Waals surface area contributed by atoms with Gasteiger partial charge in [-0.05, 0) is 116 Å². The smallest absolute Gasteiger partial charge is 0.306 e. The Labute approximate surface area is 414 Å². The molecular formula is C61H106O6. The molecule has 0 aliphatic heterocycles. The summed E-state index contributed by atoms with van der Waals surface area (Å²) in [6.07, 6.45) is 69.5. The van der Waals surface area contributed by atoms with Crippen LogP contribution in [0.1, 0.15) is 271 Å². The topological polar surface area (TPSA) is 78.9 Å². The molecule has 0 N–H and O–H groups in total. The van der Waals surface area contributed by atoms with Crippen LogP contribution in [0.25, 0.3) is 0 Å². The van der Waals surface area contributed by atoms with Gasteiger partial charge in [-0.1, -0.05) is 209 Å². The third kappa shape index (κ3) is 53.8. The molecule has 0 rings (SSSR count). The Hall–Kier alpha value is -2.99. The van der Waals surface area contributed by atoms with Crippen LogP contribution < -0.4 is 0 Å². The molecule has 0 fully saturated rings. The highest BCUT2D eigenvalue weighted by Gasteiger charge is 2.18. The van der Waals surface area contributed by atoms with Gasteiger partial charge in [0.2, 0.25) is 0 Å². The van der Waals surface area contributed by atoms with Gasteiger partial charge in [-0.3, -0.25) is 14.4 Å². The fraction of sp³-hybridized carbons (Fsp3) is 0.754. The number of rotatable bonds is 52. The standard InChI is InChI=1S/C61H106O6/c1-4-7-10-13-16-19-22-25-28-29-30-33-35-38-41-44-47-50-53-60(63)66-57-59(67-61(64)54-51-48-45-42-39-36-32-27-24-21-18-15-12-9-6-3)56-65-55-58(62)52-49-46-43-40-37-34-31-26-23-20-17-14-11-8-5-2/h16,18-19,21,25-28,30-33,59H,4-15,17,20,22-24,29,34-57H2,1-3H3. The number of ketones is 1. The Morgan fingerprint density at radius 1 is 0.343 bits per heavy atom. The van der Waals surface area contributed by atoms with Crippen LogP contribution in [0.4, 0.5) is 0 Å². The number of hydrogen-bond acceptors (Lipinski definition) is 6. The summed E-state index contributed by atoms with van der Waals surface area (Å²) in [5, 5.41) is 0. The summed E-state index contributed by atoms with van der Waals surface area (Å²) in [6, 6.07) is 0. The molecule has 6 nitrogen and oxygen atoms in total. The number of allylic oxidation sites excluding steroid dienone is 12. The Balaban J connectivity index is 4.43. The van der Waals surface area contributed by atoms with E-state index in [4.69, 9.17) is 14.2 Å². The molecule has 0 amide bonds. The lowest BCUT2D eigenvalue weighted by molar-refractivity contribution is -0.163. The van der Waals surface area contributed by atoms with Crippen LogP contribution in [0, 0.1) is 0 Å². The summed E-state index contributed by atoms with van der Waals surface area (Å²) in [6.45, 7) is 6.72. The predicted molar refractivity (Wildman–Crippen MR) is 289 cm³/mol. The van der Waals surface area contributed by atoms with Crippen molar-refractivity contribution in [1.82, 2.24) is 0 Å².